The van der Waals surface area contributed by atoms with Crippen LogP contribution in [0.2, 0.25) is 0 Å². The van der Waals surface area contributed by atoms with Crippen LogP contribution in [0, 0.1) is 13.8 Å². The number of hydrogen-bond donors (Lipinski definition) is 0. The lowest BCUT2D eigenvalue weighted by Crippen LogP contribution is -2.29. The van der Waals surface area contributed by atoms with Gasteiger partial charge in [0, 0.05) is 0 Å². The Balaban J connectivity index is 1.96. The number of aryl methyl sites for hydroxylation is 2. The van der Waals surface area contributed by atoms with E-state index in [1.54, 1.807) is 14.2 Å². The van der Waals surface area contributed by atoms with Gasteiger partial charge in [-0.05, 0) is 95.2 Å². The zero-order valence-electron chi connectivity index (χ0n) is 24.8. The Morgan fingerprint density at radius 2 is 1.00 bits per heavy atom. The molecule has 0 N–H and O–H groups in total. The van der Waals surface area contributed by atoms with E-state index in [2.05, 4.69) is 114 Å². The van der Waals surface area contributed by atoms with Crippen molar-refractivity contribution in [3.63, 3.8) is 0 Å². The van der Waals surface area contributed by atoms with Crippen molar-refractivity contribution >= 4 is 0 Å². The van der Waals surface area contributed by atoms with Gasteiger partial charge in [-0.15, -0.1) is 0 Å². The molecule has 202 valence electrons. The highest BCUT2D eigenvalue weighted by atomic mass is 16.5. The molecule has 2 unspecified atom stereocenters. The number of rotatable bonds is 8. The predicted molar refractivity (Wildman–Crippen MR) is 164 cm³/mol. The van der Waals surface area contributed by atoms with Crippen LogP contribution in [0.1, 0.15) is 96.9 Å². The van der Waals surface area contributed by atoms with Crippen molar-refractivity contribution in [2.45, 2.75) is 71.6 Å². The molecule has 0 bridgehead atoms. The number of methoxy groups -OCH3 is 2. The molecule has 0 fully saturated rings. The molecule has 2 atom stereocenters. The van der Waals surface area contributed by atoms with Gasteiger partial charge in [0.2, 0.25) is 0 Å². The summed E-state index contributed by atoms with van der Waals surface area (Å²) in [7, 11) is 3.57. The third-order valence-corrected chi connectivity index (χ3v) is 9.06. The first-order valence-electron chi connectivity index (χ1n) is 14.4. The van der Waals surface area contributed by atoms with Crippen molar-refractivity contribution in [3.05, 3.63) is 117 Å². The molecule has 1 aliphatic rings. The maximum Gasteiger partial charge on any atom is 0.122 e. The Morgan fingerprint density at radius 3 is 1.36 bits per heavy atom. The number of benzene rings is 4. The summed E-state index contributed by atoms with van der Waals surface area (Å²) >= 11 is 0. The highest BCUT2D eigenvalue weighted by molar-refractivity contribution is 5.87. The van der Waals surface area contributed by atoms with Crippen LogP contribution in [0.5, 0.6) is 11.5 Å². The number of ether oxygens (including phenoxy) is 2. The van der Waals surface area contributed by atoms with E-state index in [0.29, 0.717) is 11.8 Å². The smallest absolute Gasteiger partial charge is 0.122 e. The third kappa shape index (κ3) is 4.25. The molecular weight excluding hydrogens is 476 g/mol. The van der Waals surface area contributed by atoms with Crippen molar-refractivity contribution in [3.8, 4) is 22.6 Å². The van der Waals surface area contributed by atoms with Crippen molar-refractivity contribution in [2.75, 3.05) is 14.2 Å². The summed E-state index contributed by atoms with van der Waals surface area (Å²) in [6, 6.07) is 27.7. The fourth-order valence-corrected chi connectivity index (χ4v) is 6.49. The predicted octanol–water partition coefficient (Wildman–Crippen LogP) is 9.71. The molecule has 5 rings (SSSR count). The standard InChI is InChI=1S/C37H42O2/c1-9-25(5)31-21-27(13-17-35(31)38-7)37(28-14-18-36(39-8)32(22-28)26(6)10-2)33-19-23(3)11-15-29(33)30-16-12-24(4)20-34(30)37/h11-22,25-26H,9-10H2,1-8H3. The number of hydrogen-bond acceptors (Lipinski definition) is 2. The molecular formula is C37H42O2. The first-order chi connectivity index (χ1) is 18.8. The monoisotopic (exact) mass is 518 g/mol. The van der Waals surface area contributed by atoms with Gasteiger partial charge in [-0.3, -0.25) is 0 Å². The van der Waals surface area contributed by atoms with E-state index in [-0.39, 0.29) is 0 Å². The lowest BCUT2D eigenvalue weighted by Gasteiger charge is -2.36. The Labute approximate surface area is 235 Å². The fourth-order valence-electron chi connectivity index (χ4n) is 6.49. The molecule has 0 heterocycles. The summed E-state index contributed by atoms with van der Waals surface area (Å²) in [5.74, 6) is 2.70. The van der Waals surface area contributed by atoms with Gasteiger partial charge >= 0.3 is 0 Å². The Hall–Kier alpha value is -3.52. The Bertz CT molecular complexity index is 1400. The van der Waals surface area contributed by atoms with E-state index in [4.69, 9.17) is 9.47 Å². The first kappa shape index (κ1) is 27.1. The van der Waals surface area contributed by atoms with Crippen molar-refractivity contribution < 1.29 is 9.47 Å². The van der Waals surface area contributed by atoms with Gasteiger partial charge in [0.1, 0.15) is 11.5 Å². The van der Waals surface area contributed by atoms with Gasteiger partial charge < -0.3 is 9.47 Å². The first-order valence-corrected chi connectivity index (χ1v) is 14.4. The zero-order chi connectivity index (χ0) is 27.9. The minimum atomic E-state index is -0.453. The normalized spacial score (nSPS) is 14.9. The summed E-state index contributed by atoms with van der Waals surface area (Å²) in [4.78, 5) is 0. The average Bonchev–Trinajstić information content (AvgIpc) is 3.24. The second-order valence-corrected chi connectivity index (χ2v) is 11.4. The van der Waals surface area contributed by atoms with Gasteiger partial charge in [-0.2, -0.15) is 0 Å². The van der Waals surface area contributed by atoms with Gasteiger partial charge in [0.25, 0.3) is 0 Å². The average molecular weight is 519 g/mol. The zero-order valence-corrected chi connectivity index (χ0v) is 24.8. The van der Waals surface area contributed by atoms with Crippen LogP contribution in [-0.2, 0) is 5.41 Å². The van der Waals surface area contributed by atoms with Crippen LogP contribution >= 0.6 is 0 Å². The van der Waals surface area contributed by atoms with Crippen LogP contribution < -0.4 is 9.47 Å². The SMILES string of the molecule is CCC(C)c1cc(C2(c3ccc(OC)c(C(C)CC)c3)c3cc(C)ccc3-c3ccc(C)cc32)ccc1OC. The summed E-state index contributed by atoms with van der Waals surface area (Å²) < 4.78 is 11.8. The molecule has 0 amide bonds. The van der Waals surface area contributed by atoms with Crippen LogP contribution in [0.15, 0.2) is 72.8 Å². The summed E-state index contributed by atoms with van der Waals surface area (Å²) in [6.07, 6.45) is 2.11. The second-order valence-electron chi connectivity index (χ2n) is 11.4. The molecule has 1 aliphatic carbocycles. The van der Waals surface area contributed by atoms with E-state index < -0.39 is 5.41 Å². The summed E-state index contributed by atoms with van der Waals surface area (Å²) in [6.45, 7) is 13.5. The largest absolute Gasteiger partial charge is 0.496 e. The third-order valence-electron chi connectivity index (χ3n) is 9.06. The minimum absolute atomic E-state index is 0.388. The molecule has 2 nitrogen and oxygen atoms in total. The summed E-state index contributed by atoms with van der Waals surface area (Å²) in [5.41, 5.74) is 12.5. The van der Waals surface area contributed by atoms with E-state index in [1.165, 1.54) is 55.6 Å². The molecule has 4 aromatic rings. The Kier molecular flexibility index (Phi) is 7.33. The van der Waals surface area contributed by atoms with Gasteiger partial charge in [0.05, 0.1) is 19.6 Å². The molecule has 0 radical (unpaired) electrons. The van der Waals surface area contributed by atoms with E-state index in [1.807, 2.05) is 0 Å². The molecule has 39 heavy (non-hydrogen) atoms. The number of fused-ring (bicyclic) bond motifs is 3. The van der Waals surface area contributed by atoms with Crippen LogP contribution in [0.25, 0.3) is 11.1 Å². The maximum atomic E-state index is 5.88. The highest BCUT2D eigenvalue weighted by Crippen LogP contribution is 2.57. The fraction of sp³-hybridized carbons (Fsp3) is 0.351. The van der Waals surface area contributed by atoms with Crippen LogP contribution in [0.3, 0.4) is 0 Å². The molecule has 0 saturated carbocycles. The molecule has 0 aliphatic heterocycles. The Morgan fingerprint density at radius 1 is 0.590 bits per heavy atom. The molecule has 2 heteroatoms. The minimum Gasteiger partial charge on any atom is -0.496 e. The quantitative estimate of drug-likeness (QED) is 0.203. The van der Waals surface area contributed by atoms with Crippen LogP contribution in [0.4, 0.5) is 0 Å². The highest BCUT2D eigenvalue weighted by Gasteiger charge is 2.47. The van der Waals surface area contributed by atoms with Gasteiger partial charge in [-0.25, -0.2) is 0 Å². The topological polar surface area (TPSA) is 18.5 Å². The van der Waals surface area contributed by atoms with Gasteiger partial charge in [-0.1, -0.05) is 99.5 Å². The maximum absolute atomic E-state index is 5.88. The van der Waals surface area contributed by atoms with Gasteiger partial charge in [0.15, 0.2) is 0 Å². The van der Waals surface area contributed by atoms with Crippen molar-refractivity contribution in [1.82, 2.24) is 0 Å². The second kappa shape index (κ2) is 10.6. The molecule has 0 aromatic heterocycles. The van der Waals surface area contributed by atoms with Crippen molar-refractivity contribution in [2.24, 2.45) is 0 Å². The lowest BCUT2D eigenvalue weighted by molar-refractivity contribution is 0.405. The van der Waals surface area contributed by atoms with Crippen LogP contribution in [-0.4, -0.2) is 14.2 Å². The molecule has 4 aromatic carbocycles. The molecule has 0 spiro atoms. The van der Waals surface area contributed by atoms with E-state index >= 15 is 0 Å². The summed E-state index contributed by atoms with van der Waals surface area (Å²) in [5, 5.41) is 0. The lowest BCUT2D eigenvalue weighted by atomic mass is 9.66. The van der Waals surface area contributed by atoms with E-state index in [9.17, 15) is 0 Å². The van der Waals surface area contributed by atoms with E-state index in [0.717, 1.165) is 24.3 Å². The molecule has 0 saturated heterocycles. The van der Waals surface area contributed by atoms with Crippen molar-refractivity contribution in [1.29, 1.82) is 0 Å².